The van der Waals surface area contributed by atoms with Crippen LogP contribution in [0.25, 0.3) is 0 Å². The molecule has 0 unspecified atom stereocenters. The van der Waals surface area contributed by atoms with Gasteiger partial charge < -0.3 is 5.32 Å². The van der Waals surface area contributed by atoms with Crippen LogP contribution in [0.3, 0.4) is 0 Å². The molecular formula is C20H24N4O2S. The number of sulfonamides is 1. The minimum Gasteiger partial charge on any atom is -0.380 e. The normalized spacial score (nSPS) is 15.3. The molecule has 1 saturated heterocycles. The molecule has 0 aliphatic carbocycles. The number of nitriles is 1. The Morgan fingerprint density at radius 1 is 1.15 bits per heavy atom. The van der Waals surface area contributed by atoms with Crippen molar-refractivity contribution in [2.75, 3.05) is 18.4 Å². The second kappa shape index (κ2) is 8.07. The molecule has 0 bridgehead atoms. The lowest BCUT2D eigenvalue weighted by Gasteiger charge is -2.25. The topological polar surface area (TPSA) is 86.1 Å². The molecule has 1 fully saturated rings. The maximum atomic E-state index is 12.7. The van der Waals surface area contributed by atoms with E-state index in [2.05, 4.69) is 16.4 Å². The third-order valence-corrected chi connectivity index (χ3v) is 6.71. The van der Waals surface area contributed by atoms with Gasteiger partial charge in [0.2, 0.25) is 10.0 Å². The smallest absolute Gasteiger partial charge is 0.243 e. The molecule has 0 saturated carbocycles. The molecule has 27 heavy (non-hydrogen) atoms. The molecule has 1 aromatic carbocycles. The summed E-state index contributed by atoms with van der Waals surface area (Å²) in [5, 5.41) is 12.6. The zero-order valence-corrected chi connectivity index (χ0v) is 16.5. The van der Waals surface area contributed by atoms with E-state index in [0.29, 0.717) is 35.8 Å². The summed E-state index contributed by atoms with van der Waals surface area (Å²) in [6.45, 7) is 5.41. The molecule has 1 aromatic heterocycles. The van der Waals surface area contributed by atoms with E-state index in [4.69, 9.17) is 0 Å². The summed E-state index contributed by atoms with van der Waals surface area (Å²) in [5.74, 6) is 0. The van der Waals surface area contributed by atoms with Crippen LogP contribution < -0.4 is 5.32 Å². The predicted octanol–water partition coefficient (Wildman–Crippen LogP) is 3.36. The summed E-state index contributed by atoms with van der Waals surface area (Å²) >= 11 is 0. The van der Waals surface area contributed by atoms with E-state index in [0.717, 1.165) is 36.2 Å². The average molecular weight is 385 g/mol. The van der Waals surface area contributed by atoms with Crippen LogP contribution in [0.4, 0.5) is 5.69 Å². The van der Waals surface area contributed by atoms with Crippen molar-refractivity contribution in [3.63, 3.8) is 0 Å². The molecule has 1 aliphatic rings. The summed E-state index contributed by atoms with van der Waals surface area (Å²) < 4.78 is 27.0. The van der Waals surface area contributed by atoms with Crippen molar-refractivity contribution in [3.05, 3.63) is 52.8 Å². The molecule has 0 atom stereocenters. The Morgan fingerprint density at radius 2 is 1.81 bits per heavy atom. The number of hydrogen-bond donors (Lipinski definition) is 1. The number of rotatable bonds is 5. The van der Waals surface area contributed by atoms with E-state index in [-0.39, 0.29) is 0 Å². The molecule has 2 aromatic rings. The van der Waals surface area contributed by atoms with Crippen LogP contribution in [0, 0.1) is 25.2 Å². The van der Waals surface area contributed by atoms with Crippen LogP contribution in [-0.2, 0) is 16.6 Å². The number of nitrogens with zero attached hydrogens (tertiary/aromatic N) is 3. The SMILES string of the molecule is Cc1cc(NCc2ccc(S(=O)(=O)N3CCCCC3)cc2)c(C#N)c(C)n1. The standard InChI is InChI=1S/C20H24N4O2S/c1-15-12-20(19(13-21)16(2)23-15)22-14-17-6-8-18(9-7-17)27(25,26)24-10-4-3-5-11-24/h6-9,12H,3-5,10-11,14H2,1-2H3,(H,22,23). The number of pyridine rings is 1. The van der Waals surface area contributed by atoms with E-state index in [1.54, 1.807) is 16.4 Å². The van der Waals surface area contributed by atoms with Gasteiger partial charge in [-0.25, -0.2) is 8.42 Å². The van der Waals surface area contributed by atoms with Crippen LogP contribution in [0.5, 0.6) is 0 Å². The molecule has 1 N–H and O–H groups in total. The largest absolute Gasteiger partial charge is 0.380 e. The fourth-order valence-corrected chi connectivity index (χ4v) is 4.86. The Morgan fingerprint density at radius 3 is 2.44 bits per heavy atom. The number of anilines is 1. The summed E-state index contributed by atoms with van der Waals surface area (Å²) in [6.07, 6.45) is 2.94. The lowest BCUT2D eigenvalue weighted by atomic mass is 10.1. The maximum absolute atomic E-state index is 12.7. The monoisotopic (exact) mass is 384 g/mol. The van der Waals surface area contributed by atoms with Gasteiger partial charge in [-0.05, 0) is 50.5 Å². The summed E-state index contributed by atoms with van der Waals surface area (Å²) in [7, 11) is -3.41. The molecule has 0 spiro atoms. The van der Waals surface area contributed by atoms with Crippen LogP contribution in [0.1, 0.15) is 41.8 Å². The molecule has 142 valence electrons. The summed E-state index contributed by atoms with van der Waals surface area (Å²) in [5.41, 5.74) is 3.76. The lowest BCUT2D eigenvalue weighted by molar-refractivity contribution is 0.346. The van der Waals surface area contributed by atoms with Gasteiger partial charge in [0.05, 0.1) is 21.8 Å². The first kappa shape index (κ1) is 19.3. The van der Waals surface area contributed by atoms with Crippen LogP contribution >= 0.6 is 0 Å². The molecule has 3 rings (SSSR count). The molecular weight excluding hydrogens is 360 g/mol. The Kier molecular flexibility index (Phi) is 5.78. The predicted molar refractivity (Wildman–Crippen MR) is 105 cm³/mol. The summed E-state index contributed by atoms with van der Waals surface area (Å²) in [4.78, 5) is 4.64. The van der Waals surface area contributed by atoms with Crippen molar-refractivity contribution in [1.29, 1.82) is 5.26 Å². The zero-order valence-electron chi connectivity index (χ0n) is 15.7. The second-order valence-electron chi connectivity index (χ2n) is 6.85. The molecule has 0 radical (unpaired) electrons. The Balaban J connectivity index is 1.73. The van der Waals surface area contributed by atoms with Gasteiger partial charge in [0.25, 0.3) is 0 Å². The van der Waals surface area contributed by atoms with Gasteiger partial charge in [0.1, 0.15) is 6.07 Å². The molecule has 0 amide bonds. The lowest BCUT2D eigenvalue weighted by Crippen LogP contribution is -2.35. The minimum atomic E-state index is -3.41. The Bertz CT molecular complexity index is 957. The highest BCUT2D eigenvalue weighted by atomic mass is 32.2. The van der Waals surface area contributed by atoms with Crippen molar-refractivity contribution in [1.82, 2.24) is 9.29 Å². The van der Waals surface area contributed by atoms with Gasteiger partial charge >= 0.3 is 0 Å². The fraction of sp³-hybridized carbons (Fsp3) is 0.400. The number of benzene rings is 1. The van der Waals surface area contributed by atoms with Gasteiger partial charge in [-0.3, -0.25) is 4.98 Å². The highest BCUT2D eigenvalue weighted by Crippen LogP contribution is 2.22. The van der Waals surface area contributed by atoms with E-state index in [1.807, 2.05) is 32.0 Å². The summed E-state index contributed by atoms with van der Waals surface area (Å²) in [6, 6.07) is 11.0. The number of nitrogens with one attached hydrogen (secondary N) is 1. The van der Waals surface area contributed by atoms with Gasteiger partial charge in [-0.2, -0.15) is 9.57 Å². The van der Waals surface area contributed by atoms with Crippen molar-refractivity contribution >= 4 is 15.7 Å². The number of aromatic nitrogens is 1. The van der Waals surface area contributed by atoms with E-state index < -0.39 is 10.0 Å². The molecule has 7 heteroatoms. The third kappa shape index (κ3) is 4.29. The highest BCUT2D eigenvalue weighted by Gasteiger charge is 2.25. The Labute approximate surface area is 160 Å². The van der Waals surface area contributed by atoms with Crippen molar-refractivity contribution in [3.8, 4) is 6.07 Å². The third-order valence-electron chi connectivity index (χ3n) is 4.80. The van der Waals surface area contributed by atoms with Crippen LogP contribution in [0.2, 0.25) is 0 Å². The number of hydrogen-bond acceptors (Lipinski definition) is 5. The first-order valence-electron chi connectivity index (χ1n) is 9.13. The quantitative estimate of drug-likeness (QED) is 0.854. The first-order valence-corrected chi connectivity index (χ1v) is 10.6. The zero-order chi connectivity index (χ0) is 19.4. The molecule has 6 nitrogen and oxygen atoms in total. The minimum absolute atomic E-state index is 0.335. The van der Waals surface area contributed by atoms with Crippen molar-refractivity contribution < 1.29 is 8.42 Å². The molecule has 1 aliphatic heterocycles. The van der Waals surface area contributed by atoms with E-state index >= 15 is 0 Å². The van der Waals surface area contributed by atoms with Crippen molar-refractivity contribution in [2.24, 2.45) is 0 Å². The first-order chi connectivity index (χ1) is 12.9. The Hall–Kier alpha value is -2.43. The highest BCUT2D eigenvalue weighted by molar-refractivity contribution is 7.89. The van der Waals surface area contributed by atoms with Gasteiger partial charge in [0, 0.05) is 25.3 Å². The second-order valence-corrected chi connectivity index (χ2v) is 8.78. The fourth-order valence-electron chi connectivity index (χ4n) is 3.34. The maximum Gasteiger partial charge on any atom is 0.243 e. The van der Waals surface area contributed by atoms with Gasteiger partial charge in [-0.1, -0.05) is 18.6 Å². The van der Waals surface area contributed by atoms with Crippen molar-refractivity contribution in [2.45, 2.75) is 44.6 Å². The van der Waals surface area contributed by atoms with Gasteiger partial charge in [0.15, 0.2) is 0 Å². The van der Waals surface area contributed by atoms with E-state index in [9.17, 15) is 13.7 Å². The van der Waals surface area contributed by atoms with Crippen LogP contribution in [0.15, 0.2) is 35.2 Å². The average Bonchev–Trinajstić information content (AvgIpc) is 2.67. The number of aryl methyl sites for hydroxylation is 2. The molecule has 2 heterocycles. The van der Waals surface area contributed by atoms with E-state index in [1.165, 1.54) is 0 Å². The van der Waals surface area contributed by atoms with Gasteiger partial charge in [-0.15, -0.1) is 0 Å². The van der Waals surface area contributed by atoms with Crippen LogP contribution in [-0.4, -0.2) is 30.8 Å². The number of piperidine rings is 1.